The van der Waals surface area contributed by atoms with Crippen molar-refractivity contribution in [2.24, 2.45) is 10.9 Å². The highest BCUT2D eigenvalue weighted by atomic mass is 127. The lowest BCUT2D eigenvalue weighted by Gasteiger charge is -2.29. The number of aliphatic imine (C=N–C) groups is 1. The zero-order valence-corrected chi connectivity index (χ0v) is 20.4. The van der Waals surface area contributed by atoms with Gasteiger partial charge >= 0.3 is 0 Å². The molecule has 1 aliphatic rings. The molecule has 0 radical (unpaired) electrons. The largest absolute Gasteiger partial charge is 0.379 e. The Hall–Kier alpha value is -0.980. The highest BCUT2D eigenvalue weighted by Gasteiger charge is 2.14. The summed E-state index contributed by atoms with van der Waals surface area (Å²) in [7, 11) is -1.53. The van der Waals surface area contributed by atoms with Crippen molar-refractivity contribution >= 4 is 39.8 Å². The van der Waals surface area contributed by atoms with Gasteiger partial charge in [0.25, 0.3) is 0 Å². The normalized spacial score (nSPS) is 16.8. The summed E-state index contributed by atoms with van der Waals surface area (Å²) in [6.45, 7) is 7.68. The maximum absolute atomic E-state index is 13.6. The Morgan fingerprint density at radius 3 is 2.59 bits per heavy atom. The SMILES string of the molecule is CN=C(NCc1cc(F)ccc1CS(C)(=O)=O)NCC(C)CN1CCOCC1.I. The van der Waals surface area contributed by atoms with Crippen LogP contribution in [0.1, 0.15) is 18.1 Å². The zero-order valence-electron chi connectivity index (χ0n) is 17.3. The van der Waals surface area contributed by atoms with Crippen molar-refractivity contribution in [2.75, 3.05) is 52.7 Å². The van der Waals surface area contributed by atoms with E-state index < -0.39 is 15.7 Å². The highest BCUT2D eigenvalue weighted by Crippen LogP contribution is 2.14. The molecule has 2 N–H and O–H groups in total. The first kappa shape index (κ1) is 26.1. The second-order valence-corrected chi connectivity index (χ2v) is 9.45. The van der Waals surface area contributed by atoms with Gasteiger partial charge in [-0.2, -0.15) is 0 Å². The third-order valence-electron chi connectivity index (χ3n) is 4.55. The summed E-state index contributed by atoms with van der Waals surface area (Å²) in [6.07, 6.45) is 1.17. The van der Waals surface area contributed by atoms with E-state index in [9.17, 15) is 12.8 Å². The number of sulfone groups is 1. The fourth-order valence-electron chi connectivity index (χ4n) is 3.14. The third kappa shape index (κ3) is 10.1. The lowest BCUT2D eigenvalue weighted by molar-refractivity contribution is 0.0320. The highest BCUT2D eigenvalue weighted by molar-refractivity contribution is 14.0. The molecule has 1 aromatic rings. The topological polar surface area (TPSA) is 83.0 Å². The van der Waals surface area contributed by atoms with Gasteiger partial charge in [0.05, 0.1) is 19.0 Å². The van der Waals surface area contributed by atoms with Crippen molar-refractivity contribution in [3.63, 3.8) is 0 Å². The van der Waals surface area contributed by atoms with Crippen LogP contribution < -0.4 is 10.6 Å². The molecule has 0 bridgehead atoms. The molecule has 0 aliphatic carbocycles. The monoisotopic (exact) mass is 542 g/mol. The van der Waals surface area contributed by atoms with Gasteiger partial charge in [-0.1, -0.05) is 13.0 Å². The number of hydrogen-bond donors (Lipinski definition) is 2. The van der Waals surface area contributed by atoms with Crippen LogP contribution in [0.5, 0.6) is 0 Å². The Bertz CT molecular complexity index is 771. The van der Waals surface area contributed by atoms with Crippen molar-refractivity contribution in [3.05, 3.63) is 35.1 Å². The van der Waals surface area contributed by atoms with Gasteiger partial charge in [0.15, 0.2) is 15.8 Å². The molecule has 1 saturated heterocycles. The van der Waals surface area contributed by atoms with Crippen LogP contribution >= 0.6 is 24.0 Å². The smallest absolute Gasteiger partial charge is 0.191 e. The van der Waals surface area contributed by atoms with E-state index in [2.05, 4.69) is 27.4 Å². The van der Waals surface area contributed by atoms with E-state index in [1.54, 1.807) is 7.05 Å². The minimum Gasteiger partial charge on any atom is -0.379 e. The molecule has 2 rings (SSSR count). The van der Waals surface area contributed by atoms with Gasteiger partial charge in [-0.15, -0.1) is 24.0 Å². The molecule has 1 aliphatic heterocycles. The van der Waals surface area contributed by atoms with E-state index in [0.29, 0.717) is 29.5 Å². The average molecular weight is 542 g/mol. The molecular weight excluding hydrogens is 510 g/mol. The molecule has 0 saturated carbocycles. The first-order valence-corrected chi connectivity index (χ1v) is 11.5. The predicted molar refractivity (Wildman–Crippen MR) is 125 cm³/mol. The second-order valence-electron chi connectivity index (χ2n) is 7.31. The Kier molecular flexibility index (Phi) is 11.4. The molecule has 7 nitrogen and oxygen atoms in total. The first-order valence-electron chi connectivity index (χ1n) is 9.46. The number of morpholine rings is 1. The summed E-state index contributed by atoms with van der Waals surface area (Å²) < 4.78 is 42.2. The van der Waals surface area contributed by atoms with Gasteiger partial charge in [-0.05, 0) is 29.2 Å². The van der Waals surface area contributed by atoms with Crippen molar-refractivity contribution in [1.29, 1.82) is 0 Å². The number of ether oxygens (including phenoxy) is 1. The molecule has 1 aromatic carbocycles. The fraction of sp³-hybridized carbons (Fsp3) is 0.632. The minimum atomic E-state index is -3.20. The Morgan fingerprint density at radius 2 is 1.97 bits per heavy atom. The third-order valence-corrected chi connectivity index (χ3v) is 5.38. The number of benzene rings is 1. The van der Waals surface area contributed by atoms with Crippen molar-refractivity contribution in [1.82, 2.24) is 15.5 Å². The summed E-state index contributed by atoms with van der Waals surface area (Å²) in [5.41, 5.74) is 1.20. The van der Waals surface area contributed by atoms with Gasteiger partial charge < -0.3 is 15.4 Å². The molecule has 1 heterocycles. The van der Waals surface area contributed by atoms with E-state index >= 15 is 0 Å². The zero-order chi connectivity index (χ0) is 20.6. The summed E-state index contributed by atoms with van der Waals surface area (Å²) in [5, 5.41) is 6.42. The van der Waals surface area contributed by atoms with E-state index in [1.165, 1.54) is 24.5 Å². The maximum Gasteiger partial charge on any atom is 0.191 e. The Morgan fingerprint density at radius 1 is 1.28 bits per heavy atom. The maximum atomic E-state index is 13.6. The van der Waals surface area contributed by atoms with Crippen LogP contribution in [-0.2, 0) is 26.9 Å². The van der Waals surface area contributed by atoms with Gasteiger partial charge in [0.2, 0.25) is 0 Å². The van der Waals surface area contributed by atoms with Crippen LogP contribution in [0.2, 0.25) is 0 Å². The van der Waals surface area contributed by atoms with Crippen LogP contribution in [0, 0.1) is 11.7 Å². The molecule has 1 unspecified atom stereocenters. The number of nitrogens with zero attached hydrogens (tertiary/aromatic N) is 2. The second kappa shape index (κ2) is 12.7. The Balaban J connectivity index is 0.00000420. The minimum absolute atomic E-state index is 0. The fourth-order valence-corrected chi connectivity index (χ4v) is 3.99. The molecular formula is C19H32FIN4O3S. The lowest BCUT2D eigenvalue weighted by Crippen LogP contribution is -2.43. The molecule has 1 atom stereocenters. The summed E-state index contributed by atoms with van der Waals surface area (Å²) in [4.78, 5) is 6.58. The lowest BCUT2D eigenvalue weighted by atomic mass is 10.1. The number of hydrogen-bond acceptors (Lipinski definition) is 5. The number of nitrogens with one attached hydrogen (secondary N) is 2. The predicted octanol–water partition coefficient (Wildman–Crippen LogP) is 1.62. The Labute approximate surface area is 190 Å². The van der Waals surface area contributed by atoms with Crippen LogP contribution in [0.15, 0.2) is 23.2 Å². The van der Waals surface area contributed by atoms with Crippen LogP contribution in [0.3, 0.4) is 0 Å². The van der Waals surface area contributed by atoms with Crippen LogP contribution in [0.25, 0.3) is 0 Å². The number of rotatable bonds is 8. The van der Waals surface area contributed by atoms with Gasteiger partial charge in [-0.25, -0.2) is 12.8 Å². The first-order chi connectivity index (χ1) is 13.3. The molecule has 0 aromatic heterocycles. The van der Waals surface area contributed by atoms with Crippen molar-refractivity contribution in [3.8, 4) is 0 Å². The average Bonchev–Trinajstić information content (AvgIpc) is 2.63. The van der Waals surface area contributed by atoms with Gasteiger partial charge in [0, 0.05) is 46.0 Å². The van der Waals surface area contributed by atoms with Crippen LogP contribution in [-0.4, -0.2) is 72.0 Å². The van der Waals surface area contributed by atoms with Crippen LogP contribution in [0.4, 0.5) is 4.39 Å². The van der Waals surface area contributed by atoms with Crippen molar-refractivity contribution < 1.29 is 17.5 Å². The molecule has 10 heteroatoms. The summed E-state index contributed by atoms with van der Waals surface area (Å²) in [6, 6.07) is 4.17. The van der Waals surface area contributed by atoms with E-state index in [0.717, 1.165) is 39.4 Å². The van der Waals surface area contributed by atoms with Crippen molar-refractivity contribution in [2.45, 2.75) is 19.2 Å². The number of guanidine groups is 1. The summed E-state index contributed by atoms with van der Waals surface area (Å²) in [5.74, 6) is 0.513. The van der Waals surface area contributed by atoms with Gasteiger partial charge in [-0.3, -0.25) is 9.89 Å². The molecule has 166 valence electrons. The standard InChI is InChI=1S/C19H31FN4O3S.HI/c1-15(13-24-6-8-27-9-7-24)11-22-19(21-2)23-12-17-10-18(20)5-4-16(17)14-28(3,25)26;/h4-5,10,15H,6-9,11-14H2,1-3H3,(H2,21,22,23);1H. The molecule has 0 amide bonds. The van der Waals surface area contributed by atoms with E-state index in [1.807, 2.05) is 0 Å². The van der Waals surface area contributed by atoms with Gasteiger partial charge in [0.1, 0.15) is 5.82 Å². The van der Waals surface area contributed by atoms with E-state index in [4.69, 9.17) is 4.74 Å². The summed E-state index contributed by atoms with van der Waals surface area (Å²) >= 11 is 0. The molecule has 1 fully saturated rings. The van der Waals surface area contributed by atoms with E-state index in [-0.39, 0.29) is 29.7 Å². The molecule has 0 spiro atoms. The quantitative estimate of drug-likeness (QED) is 0.295. The number of halogens is 2. The molecule has 29 heavy (non-hydrogen) atoms.